The molecule has 3 aliphatic rings. The lowest BCUT2D eigenvalue weighted by Crippen LogP contribution is -2.46. The number of methoxy groups -OCH3 is 4. The van der Waals surface area contributed by atoms with Gasteiger partial charge in [-0.1, -0.05) is 67.1 Å². The number of nitrogens with zero attached hydrogens (tertiary/aromatic N) is 15. The van der Waals surface area contributed by atoms with Gasteiger partial charge in [0.1, 0.15) is 76.9 Å². The lowest BCUT2D eigenvalue weighted by molar-refractivity contribution is 0.257. The molecule has 14 rings (SSSR count). The van der Waals surface area contributed by atoms with Gasteiger partial charge < -0.3 is 80.2 Å². The van der Waals surface area contributed by atoms with E-state index in [2.05, 4.69) is 149 Å². The molecule has 29 heteroatoms. The highest BCUT2D eigenvalue weighted by atomic mass is 35.5. The Balaban J connectivity index is 0.000000164. The first-order valence-electron chi connectivity index (χ1n) is 39.2. The number of likely N-dealkylation sites (N-methyl/N-ethyl adjacent to an activating group) is 3. The van der Waals surface area contributed by atoms with Crippen molar-refractivity contribution >= 4 is 127 Å². The number of anilines is 17. The van der Waals surface area contributed by atoms with Crippen LogP contribution in [0.1, 0.15) is 34.7 Å². The second-order valence-electron chi connectivity index (χ2n) is 28.9. The molecule has 614 valence electrons. The summed E-state index contributed by atoms with van der Waals surface area (Å²) in [6.45, 7) is 25.5. The Kier molecular flexibility index (Phi) is 28.6. The maximum absolute atomic E-state index is 14.0. The molecule has 8 aromatic carbocycles. The molecule has 0 atom stereocenters. The van der Waals surface area contributed by atoms with Crippen molar-refractivity contribution in [2.24, 2.45) is 0 Å². The monoisotopic (exact) mass is 1610 g/mol. The predicted octanol–water partition coefficient (Wildman–Crippen LogP) is 16.9. The van der Waals surface area contributed by atoms with Gasteiger partial charge in [0, 0.05) is 161 Å². The molecule has 6 heterocycles. The third-order valence-corrected chi connectivity index (χ3v) is 21.3. The molecule has 0 radical (unpaired) electrons. The Morgan fingerprint density at radius 2 is 0.720 bits per heavy atom. The fraction of sp³-hybridized carbons (Fsp3) is 0.292. The lowest BCUT2D eigenvalue weighted by Gasteiger charge is -2.35. The van der Waals surface area contributed by atoms with Crippen LogP contribution in [0, 0.1) is 34.6 Å². The van der Waals surface area contributed by atoms with Crippen molar-refractivity contribution < 1.29 is 33.3 Å². The van der Waals surface area contributed by atoms with Gasteiger partial charge in [0.2, 0.25) is 0 Å². The highest BCUT2D eigenvalue weighted by Crippen LogP contribution is 2.41. The number of para-hydroxylation sites is 3. The maximum atomic E-state index is 14.0. The average molecular weight is 1620 g/mol. The molecule has 0 saturated carbocycles. The zero-order chi connectivity index (χ0) is 83.4. The van der Waals surface area contributed by atoms with Crippen LogP contribution >= 0.6 is 11.6 Å². The molecule has 3 saturated heterocycles. The summed E-state index contributed by atoms with van der Waals surface area (Å²) >= 11 is 6.23. The average Bonchev–Trinajstić information content (AvgIpc) is 0.788. The molecule has 0 aliphatic carbocycles. The van der Waals surface area contributed by atoms with Gasteiger partial charge in [-0.3, -0.25) is 4.90 Å². The topological polar surface area (TPSA) is 267 Å². The Labute approximate surface area is 695 Å². The molecule has 118 heavy (non-hydrogen) atoms. The summed E-state index contributed by atoms with van der Waals surface area (Å²) in [5.74, 6) is 5.02. The van der Waals surface area contributed by atoms with Crippen LogP contribution in [0.5, 0.6) is 23.0 Å². The molecule has 28 nitrogen and oxygen atoms in total. The van der Waals surface area contributed by atoms with E-state index in [1.165, 1.54) is 50.7 Å². The second kappa shape index (κ2) is 40.0. The number of aryl methyl sites for hydroxylation is 5. The van der Waals surface area contributed by atoms with Crippen LogP contribution in [0.2, 0.25) is 5.02 Å². The molecule has 3 aromatic heterocycles. The highest BCUT2D eigenvalue weighted by molar-refractivity contribution is 6.34. The minimum absolute atomic E-state index is 0.340. The van der Waals surface area contributed by atoms with Crippen molar-refractivity contribution in [1.29, 1.82) is 0 Å². The standard InChI is InChI=1S/C33H39N7O3.C32H37N7O3.C24H28ClN7O/c1-6-38-16-18-39(19-17-38)26-12-10-25(11-13-26)36-30-21-31(35-22-34-30)40(28-15-14-27(42-4)20-29(28)43-5)33(41)37-32-23(2)8-7-9-24(32)3;1-22-7-6-8-23(2)31(22)36-32(40)39(27-14-13-26(41-4)19-28(27)42-5)30-20-29(33-21-34-30)35-24-9-11-25(12-10-24)38-17-15-37(3)16-18-38;1-17-5-4-6-20(25)23(17)29-24(33)31(3)22-15-21(26-16-27-22)28-18-7-9-19(10-8-18)32-13-11-30(2)12-14-32/h7-15,20-22H,6,16-19H2,1-5H3,(H,37,41)(H,34,35,36);6-14,19-21H,15-18H2,1-5H3,(H,36,40)(H,33,34,35);4-10,15-16H,11-14H2,1-3H3,(H,29,33)(H,26,27,28). The van der Waals surface area contributed by atoms with Gasteiger partial charge in [0.15, 0.2) is 0 Å². The number of hydrogen-bond donors (Lipinski definition) is 6. The van der Waals surface area contributed by atoms with Crippen molar-refractivity contribution in [1.82, 2.24) is 44.6 Å². The number of piperazine rings is 3. The number of carbonyl (C=O) groups excluding carboxylic acids is 3. The van der Waals surface area contributed by atoms with Crippen molar-refractivity contribution in [2.45, 2.75) is 41.5 Å². The summed E-state index contributed by atoms with van der Waals surface area (Å²) in [6.07, 6.45) is 4.31. The van der Waals surface area contributed by atoms with E-state index in [0.29, 0.717) is 80.0 Å². The van der Waals surface area contributed by atoms with Crippen LogP contribution in [0.3, 0.4) is 0 Å². The van der Waals surface area contributed by atoms with Crippen molar-refractivity contribution in [3.05, 3.63) is 234 Å². The van der Waals surface area contributed by atoms with E-state index in [1.807, 2.05) is 120 Å². The van der Waals surface area contributed by atoms with Crippen molar-refractivity contribution in [3.8, 4) is 23.0 Å². The van der Waals surface area contributed by atoms with Gasteiger partial charge >= 0.3 is 18.1 Å². The highest BCUT2D eigenvalue weighted by Gasteiger charge is 2.29. The van der Waals surface area contributed by atoms with E-state index in [0.717, 1.165) is 141 Å². The van der Waals surface area contributed by atoms with Crippen LogP contribution in [0.15, 0.2) is 201 Å². The fourth-order valence-electron chi connectivity index (χ4n) is 13.9. The molecule has 3 aliphatic heterocycles. The van der Waals surface area contributed by atoms with E-state index in [1.54, 1.807) is 96.2 Å². The van der Waals surface area contributed by atoms with E-state index >= 15 is 0 Å². The molecule has 6 amide bonds. The lowest BCUT2D eigenvalue weighted by atomic mass is 10.1. The number of ether oxygens (including phenoxy) is 4. The Morgan fingerprint density at radius 3 is 1.07 bits per heavy atom. The minimum Gasteiger partial charge on any atom is -0.497 e. The summed E-state index contributed by atoms with van der Waals surface area (Å²) in [5.41, 5.74) is 14.1. The first-order valence-corrected chi connectivity index (χ1v) is 39.5. The second-order valence-corrected chi connectivity index (χ2v) is 29.3. The largest absolute Gasteiger partial charge is 0.497 e. The van der Waals surface area contributed by atoms with Gasteiger partial charge in [0.05, 0.1) is 50.5 Å². The number of urea groups is 3. The third-order valence-electron chi connectivity index (χ3n) is 20.9. The number of hydrogen-bond acceptors (Lipinski definition) is 22. The molecule has 0 spiro atoms. The van der Waals surface area contributed by atoms with Crippen LogP contribution in [0.25, 0.3) is 0 Å². The van der Waals surface area contributed by atoms with Crippen molar-refractivity contribution in [2.75, 3.05) is 196 Å². The summed E-state index contributed by atoms with van der Waals surface area (Å²) in [5, 5.41) is 19.5. The van der Waals surface area contributed by atoms with Gasteiger partial charge in [-0.05, 0) is 186 Å². The fourth-order valence-corrected chi connectivity index (χ4v) is 14.2. The number of amides is 6. The third kappa shape index (κ3) is 21.5. The predicted molar refractivity (Wildman–Crippen MR) is 476 cm³/mol. The van der Waals surface area contributed by atoms with E-state index in [4.69, 9.17) is 30.5 Å². The SMILES string of the molecule is CCN1CCN(c2ccc(Nc3cc(N(C(=O)Nc4c(C)cccc4C)c4ccc(OC)cc4OC)ncn3)cc2)CC1.COc1ccc(N(C(=O)Nc2c(C)cccc2C)c2cc(Nc3ccc(N4CCN(C)CC4)cc3)ncn2)c(OC)c1.Cc1cccc(Cl)c1NC(=O)N(C)c1cc(Nc2ccc(N3CCN(C)CC3)cc2)ncn1. The smallest absolute Gasteiger partial charge is 0.332 e. The van der Waals surface area contributed by atoms with Crippen LogP contribution in [0.4, 0.5) is 112 Å². The number of carbonyl (C=O) groups is 3. The van der Waals surface area contributed by atoms with Gasteiger partial charge in [-0.15, -0.1) is 0 Å². The molecule has 11 aromatic rings. The van der Waals surface area contributed by atoms with Gasteiger partial charge in [0.25, 0.3) is 0 Å². The van der Waals surface area contributed by atoms with Crippen LogP contribution in [-0.2, 0) is 0 Å². The number of rotatable bonds is 22. The molecular weight excluding hydrogens is 1510 g/mol. The summed E-state index contributed by atoms with van der Waals surface area (Å²) < 4.78 is 22.1. The molecular formula is C89H104ClN21O7. The van der Waals surface area contributed by atoms with E-state index in [9.17, 15) is 14.4 Å². The van der Waals surface area contributed by atoms with Gasteiger partial charge in [-0.2, -0.15) is 0 Å². The zero-order valence-electron chi connectivity index (χ0n) is 69.2. The number of nitrogens with one attached hydrogen (secondary N) is 6. The van der Waals surface area contributed by atoms with Crippen molar-refractivity contribution in [3.63, 3.8) is 0 Å². The summed E-state index contributed by atoms with van der Waals surface area (Å²) in [6, 6.07) is 56.8. The van der Waals surface area contributed by atoms with Crippen LogP contribution < -0.4 is 80.2 Å². The van der Waals surface area contributed by atoms with Crippen LogP contribution in [-0.4, -0.2) is 197 Å². The molecule has 0 unspecified atom stereocenters. The minimum atomic E-state index is -0.392. The number of benzene rings is 8. The first-order chi connectivity index (χ1) is 57.1. The Bertz CT molecular complexity index is 5160. The number of halogens is 1. The Morgan fingerprint density at radius 1 is 0.390 bits per heavy atom. The Hall–Kier alpha value is -13.0. The van der Waals surface area contributed by atoms with E-state index in [-0.39, 0.29) is 6.03 Å². The van der Waals surface area contributed by atoms with E-state index < -0.39 is 12.1 Å². The maximum Gasteiger partial charge on any atom is 0.332 e. The normalized spacial score (nSPS) is 13.6. The quantitative estimate of drug-likeness (QED) is 0.0368. The number of aromatic nitrogens is 6. The summed E-state index contributed by atoms with van der Waals surface area (Å²) in [7, 11) is 12.2. The zero-order valence-corrected chi connectivity index (χ0v) is 69.9. The molecule has 3 fully saturated rings. The molecule has 0 bridgehead atoms. The molecule has 6 N–H and O–H groups in total. The summed E-state index contributed by atoms with van der Waals surface area (Å²) in [4.78, 5) is 85.8. The first kappa shape index (κ1) is 84.4. The van der Waals surface area contributed by atoms with Gasteiger partial charge in [-0.25, -0.2) is 54.1 Å².